The van der Waals surface area contributed by atoms with E-state index in [9.17, 15) is 23.2 Å². The van der Waals surface area contributed by atoms with Crippen LogP contribution < -0.4 is 10.9 Å². The minimum atomic E-state index is -2.99. The lowest BCUT2D eigenvalue weighted by Crippen LogP contribution is -2.58. The van der Waals surface area contributed by atoms with Crippen LogP contribution in [0.2, 0.25) is 5.02 Å². The molecule has 2 amide bonds. The lowest BCUT2D eigenvalue weighted by Gasteiger charge is -2.39. The molecule has 6 rings (SSSR count). The van der Waals surface area contributed by atoms with E-state index in [-0.39, 0.29) is 45.1 Å². The molecule has 3 aliphatic rings. The number of pyridine rings is 2. The molecule has 208 valence electrons. The number of carbonyl (C=O) groups is 2. The van der Waals surface area contributed by atoms with Gasteiger partial charge in [-0.25, -0.2) is 18.2 Å². The fourth-order valence-corrected chi connectivity index (χ4v) is 5.24. The van der Waals surface area contributed by atoms with Gasteiger partial charge in [0.05, 0.1) is 18.7 Å². The van der Waals surface area contributed by atoms with Gasteiger partial charge < -0.3 is 14.8 Å². The summed E-state index contributed by atoms with van der Waals surface area (Å²) in [5, 5.41) is 2.65. The number of hydrogen-bond donors (Lipinski definition) is 1. The zero-order valence-electron chi connectivity index (χ0n) is 21.6. The number of halogens is 4. The van der Waals surface area contributed by atoms with Crippen LogP contribution in [-0.4, -0.2) is 45.3 Å². The number of benzene rings is 1. The first-order valence-electron chi connectivity index (χ1n) is 13.3. The molecular weight excluding hydrogens is 545 g/mol. The summed E-state index contributed by atoms with van der Waals surface area (Å²) in [6.07, 6.45) is 5.90. The largest absolute Gasteiger partial charge is 0.326 e. The Morgan fingerprint density at radius 2 is 1.80 bits per heavy atom. The number of aromatic nitrogens is 2. The van der Waals surface area contributed by atoms with Crippen LogP contribution >= 0.6 is 11.6 Å². The van der Waals surface area contributed by atoms with Crippen molar-refractivity contribution in [1.29, 1.82) is 0 Å². The summed E-state index contributed by atoms with van der Waals surface area (Å²) in [4.78, 5) is 45.0. The number of alkyl halides is 2. The number of rotatable bonds is 7. The predicted octanol–water partition coefficient (Wildman–Crippen LogP) is 5.82. The lowest BCUT2D eigenvalue weighted by molar-refractivity contribution is -0.113. The highest BCUT2D eigenvalue weighted by atomic mass is 35.5. The topological polar surface area (TPSA) is 84.3 Å². The smallest absolute Gasteiger partial charge is 0.282 e. The highest BCUT2D eigenvalue weighted by Crippen LogP contribution is 2.42. The Labute approximate surface area is 233 Å². The van der Waals surface area contributed by atoms with Gasteiger partial charge in [0.15, 0.2) is 0 Å². The van der Waals surface area contributed by atoms with Crippen molar-refractivity contribution >= 4 is 29.2 Å². The molecule has 0 spiro atoms. The van der Waals surface area contributed by atoms with Crippen LogP contribution in [0.15, 0.2) is 41.3 Å². The van der Waals surface area contributed by atoms with Crippen LogP contribution in [0.5, 0.6) is 0 Å². The molecule has 1 N–H and O–H groups in total. The first-order chi connectivity index (χ1) is 19.0. The van der Waals surface area contributed by atoms with E-state index in [1.54, 1.807) is 22.9 Å². The average Bonchev–Trinajstić information content (AvgIpc) is 3.80. The molecule has 11 heteroatoms. The third-order valence-electron chi connectivity index (χ3n) is 7.48. The zero-order valence-corrected chi connectivity index (χ0v) is 22.4. The maximum absolute atomic E-state index is 15.4. The van der Waals surface area contributed by atoms with Crippen molar-refractivity contribution in [3.63, 3.8) is 0 Å². The Kier molecular flexibility index (Phi) is 6.48. The Balaban J connectivity index is 1.39. The molecule has 1 saturated heterocycles. The monoisotopic (exact) mass is 570 g/mol. The van der Waals surface area contributed by atoms with Gasteiger partial charge in [0, 0.05) is 34.4 Å². The van der Waals surface area contributed by atoms with Crippen LogP contribution in [0, 0.1) is 5.82 Å². The van der Waals surface area contributed by atoms with Gasteiger partial charge in [-0.05, 0) is 73.6 Å². The summed E-state index contributed by atoms with van der Waals surface area (Å²) in [5.74, 6) is -5.03. The van der Waals surface area contributed by atoms with Gasteiger partial charge in [0.1, 0.15) is 17.2 Å². The second-order valence-electron chi connectivity index (χ2n) is 10.8. The zero-order chi connectivity index (χ0) is 28.3. The molecule has 2 aliphatic carbocycles. The Morgan fingerprint density at radius 3 is 2.42 bits per heavy atom. The highest BCUT2D eigenvalue weighted by Gasteiger charge is 2.47. The first-order valence-corrected chi connectivity index (χ1v) is 13.7. The van der Waals surface area contributed by atoms with Crippen LogP contribution in [-0.2, 0) is 6.42 Å². The van der Waals surface area contributed by atoms with Crippen molar-refractivity contribution < 1.29 is 22.8 Å². The maximum Gasteiger partial charge on any atom is 0.282 e. The third-order valence-corrected chi connectivity index (χ3v) is 7.70. The predicted molar refractivity (Wildman–Crippen MR) is 144 cm³/mol. The maximum atomic E-state index is 15.4. The summed E-state index contributed by atoms with van der Waals surface area (Å²) < 4.78 is 44.0. The molecule has 2 aromatic heterocycles. The average molecular weight is 571 g/mol. The molecule has 0 radical (unpaired) electrons. The minimum Gasteiger partial charge on any atom is -0.326 e. The van der Waals surface area contributed by atoms with Gasteiger partial charge in [0.25, 0.3) is 23.3 Å². The molecule has 1 aromatic carbocycles. The summed E-state index contributed by atoms with van der Waals surface area (Å²) in [7, 11) is 0. The number of hydrogen-bond acceptors (Lipinski definition) is 4. The molecule has 0 unspecified atom stereocenters. The normalized spacial score (nSPS) is 17.9. The van der Waals surface area contributed by atoms with Crippen molar-refractivity contribution in [2.45, 2.75) is 56.9 Å². The van der Waals surface area contributed by atoms with Gasteiger partial charge in [0.2, 0.25) is 0 Å². The number of likely N-dealkylation sites (tertiary alicyclic amines) is 1. The Morgan fingerprint density at radius 1 is 1.07 bits per heavy atom. The van der Waals surface area contributed by atoms with E-state index in [0.29, 0.717) is 12.1 Å². The molecule has 0 bridgehead atoms. The Bertz CT molecular complexity index is 1610. The van der Waals surface area contributed by atoms with Crippen molar-refractivity contribution in [1.82, 2.24) is 14.5 Å². The standard InChI is InChI=1S/C29H26ClF3N4O3/c1-2-15-7-21(28(40)37(12-15)19-5-6-19)26(38)35-24-9-17(8-23(34-24)16-3-4-16)25-20(10-18(30)11-22(25)31)27(39)36-13-29(32,33)14-36/h7-12,16,19H,2-6,13-14H2,1H3,(H,34,35,38). The van der Waals surface area contributed by atoms with Crippen molar-refractivity contribution in [2.75, 3.05) is 18.4 Å². The minimum absolute atomic E-state index is 0.0151. The molecule has 1 aliphatic heterocycles. The highest BCUT2D eigenvalue weighted by molar-refractivity contribution is 6.31. The molecule has 3 aromatic rings. The van der Waals surface area contributed by atoms with Gasteiger partial charge in [-0.3, -0.25) is 14.4 Å². The molecular formula is C29H26ClF3N4O3. The molecule has 3 fully saturated rings. The Hall–Kier alpha value is -3.66. The number of aryl methyl sites for hydroxylation is 1. The van der Waals surface area contributed by atoms with Crippen molar-refractivity contribution in [3.05, 3.63) is 80.1 Å². The second kappa shape index (κ2) is 9.76. The van der Waals surface area contributed by atoms with E-state index in [2.05, 4.69) is 10.3 Å². The van der Waals surface area contributed by atoms with E-state index < -0.39 is 42.2 Å². The number of nitrogens with zero attached hydrogens (tertiary/aromatic N) is 3. The van der Waals surface area contributed by atoms with Crippen molar-refractivity contribution in [3.8, 4) is 11.1 Å². The van der Waals surface area contributed by atoms with Gasteiger partial charge in [-0.2, -0.15) is 0 Å². The summed E-state index contributed by atoms with van der Waals surface area (Å²) in [6, 6.07) is 7.01. The first kappa shape index (κ1) is 26.6. The van der Waals surface area contributed by atoms with E-state index in [1.807, 2.05) is 6.92 Å². The van der Waals surface area contributed by atoms with Gasteiger partial charge >= 0.3 is 0 Å². The molecule has 2 saturated carbocycles. The van der Waals surface area contributed by atoms with Gasteiger partial charge in [-0.1, -0.05) is 18.5 Å². The summed E-state index contributed by atoms with van der Waals surface area (Å²) in [5.41, 5.74) is 1.00. The number of amides is 2. The molecule has 0 atom stereocenters. The van der Waals surface area contributed by atoms with Crippen LogP contribution in [0.3, 0.4) is 0 Å². The molecule has 7 nitrogen and oxygen atoms in total. The van der Waals surface area contributed by atoms with Crippen LogP contribution in [0.25, 0.3) is 11.1 Å². The van der Waals surface area contributed by atoms with Crippen LogP contribution in [0.4, 0.5) is 19.0 Å². The van der Waals surface area contributed by atoms with Gasteiger partial charge in [-0.15, -0.1) is 0 Å². The third kappa shape index (κ3) is 5.12. The SMILES string of the molecule is CCc1cc(C(=O)Nc2cc(-c3c(F)cc(Cl)cc3C(=O)N3CC(F)(F)C3)cc(C3CC3)n2)c(=O)n(C2CC2)c1. The fraction of sp³-hybridized carbons (Fsp3) is 0.379. The lowest BCUT2D eigenvalue weighted by atomic mass is 9.96. The number of carbonyl (C=O) groups excluding carboxylic acids is 2. The second-order valence-corrected chi connectivity index (χ2v) is 11.2. The fourth-order valence-electron chi connectivity index (χ4n) is 5.03. The van der Waals surface area contributed by atoms with E-state index >= 15 is 4.39 Å². The van der Waals surface area contributed by atoms with Crippen molar-refractivity contribution in [2.24, 2.45) is 0 Å². The summed E-state index contributed by atoms with van der Waals surface area (Å²) >= 11 is 6.05. The summed E-state index contributed by atoms with van der Waals surface area (Å²) in [6.45, 7) is 0.408. The number of nitrogens with one attached hydrogen (secondary N) is 1. The van der Waals surface area contributed by atoms with E-state index in [4.69, 9.17) is 11.6 Å². The van der Waals surface area contributed by atoms with E-state index in [0.717, 1.165) is 42.2 Å². The number of anilines is 1. The van der Waals surface area contributed by atoms with Crippen LogP contribution in [0.1, 0.15) is 76.5 Å². The molecule has 40 heavy (non-hydrogen) atoms. The quantitative estimate of drug-likeness (QED) is 0.388. The molecule has 3 heterocycles. The van der Waals surface area contributed by atoms with E-state index in [1.165, 1.54) is 12.1 Å².